The lowest BCUT2D eigenvalue weighted by atomic mass is 10.0. The van der Waals surface area contributed by atoms with Crippen molar-refractivity contribution in [3.63, 3.8) is 0 Å². The predicted molar refractivity (Wildman–Crippen MR) is 130 cm³/mol. The fourth-order valence-corrected chi connectivity index (χ4v) is 4.75. The van der Waals surface area contributed by atoms with Crippen molar-refractivity contribution in [2.24, 2.45) is 0 Å². The van der Waals surface area contributed by atoms with Crippen LogP contribution in [0.4, 0.5) is 10.2 Å². The standard InChI is InChI=1S/C25H22BrFN6O/c1-14(23-20(27)6-3-11-29-23)33(13-16-8-10-22(26)32-31-16)25(34)15-7-9-21-19(12-15)17-4-2-5-18(17)24(28)30-21/h3,6-12,14H,2,4-5,13H2,1H3,(H2,28,30). The zero-order valence-electron chi connectivity index (χ0n) is 18.5. The summed E-state index contributed by atoms with van der Waals surface area (Å²) in [5.41, 5.74) is 10.4. The summed E-state index contributed by atoms with van der Waals surface area (Å²) in [5.74, 6) is -0.160. The second-order valence-corrected chi connectivity index (χ2v) is 9.18. The van der Waals surface area contributed by atoms with Crippen LogP contribution in [0.5, 0.6) is 0 Å². The molecule has 172 valence electrons. The highest BCUT2D eigenvalue weighted by molar-refractivity contribution is 9.10. The number of pyridine rings is 2. The van der Waals surface area contributed by atoms with Gasteiger partial charge in [0, 0.05) is 17.1 Å². The first-order valence-corrected chi connectivity index (χ1v) is 11.8. The number of hydrogen-bond donors (Lipinski definition) is 1. The normalized spacial score (nSPS) is 13.6. The summed E-state index contributed by atoms with van der Waals surface area (Å²) < 4.78 is 15.2. The molecule has 1 aliphatic carbocycles. The number of aryl methyl sites for hydroxylation is 1. The van der Waals surface area contributed by atoms with Gasteiger partial charge in [-0.15, -0.1) is 5.10 Å². The molecule has 2 N–H and O–H groups in total. The Hall–Kier alpha value is -3.46. The Balaban J connectivity index is 1.57. The minimum Gasteiger partial charge on any atom is -0.383 e. The van der Waals surface area contributed by atoms with Crippen LogP contribution in [0.2, 0.25) is 0 Å². The van der Waals surface area contributed by atoms with Crippen molar-refractivity contribution < 1.29 is 9.18 Å². The Morgan fingerprint density at radius 2 is 2.00 bits per heavy atom. The van der Waals surface area contributed by atoms with E-state index in [9.17, 15) is 9.18 Å². The fourth-order valence-electron chi connectivity index (χ4n) is 4.53. The van der Waals surface area contributed by atoms with E-state index in [1.807, 2.05) is 12.1 Å². The molecule has 3 aromatic heterocycles. The van der Waals surface area contributed by atoms with Crippen molar-refractivity contribution >= 4 is 38.6 Å². The number of rotatable bonds is 5. The van der Waals surface area contributed by atoms with Gasteiger partial charge in [-0.2, -0.15) is 5.10 Å². The van der Waals surface area contributed by atoms with Crippen LogP contribution in [0.15, 0.2) is 53.3 Å². The Morgan fingerprint density at radius 1 is 1.18 bits per heavy atom. The van der Waals surface area contributed by atoms with E-state index in [1.165, 1.54) is 18.3 Å². The lowest BCUT2D eigenvalue weighted by Gasteiger charge is -2.29. The van der Waals surface area contributed by atoms with Gasteiger partial charge in [0.05, 0.1) is 29.5 Å². The molecule has 0 saturated carbocycles. The van der Waals surface area contributed by atoms with Gasteiger partial charge in [-0.1, -0.05) is 0 Å². The molecule has 3 heterocycles. The molecule has 9 heteroatoms. The minimum atomic E-state index is -0.634. The summed E-state index contributed by atoms with van der Waals surface area (Å²) in [6, 6.07) is 11.2. The lowest BCUT2D eigenvalue weighted by molar-refractivity contribution is 0.0664. The molecule has 7 nitrogen and oxygen atoms in total. The number of halogens is 2. The van der Waals surface area contributed by atoms with Crippen molar-refractivity contribution in [2.75, 3.05) is 5.73 Å². The minimum absolute atomic E-state index is 0.145. The van der Waals surface area contributed by atoms with Crippen molar-refractivity contribution in [1.29, 1.82) is 0 Å². The van der Waals surface area contributed by atoms with Crippen LogP contribution >= 0.6 is 15.9 Å². The van der Waals surface area contributed by atoms with E-state index in [0.29, 0.717) is 21.7 Å². The molecule has 1 amide bonds. The van der Waals surface area contributed by atoms with Gasteiger partial charge in [-0.25, -0.2) is 9.37 Å². The van der Waals surface area contributed by atoms with Crippen LogP contribution in [-0.4, -0.2) is 31.0 Å². The molecule has 1 aromatic carbocycles. The second-order valence-electron chi connectivity index (χ2n) is 8.37. The number of anilines is 1. The number of nitrogen functional groups attached to an aromatic ring is 1. The number of benzene rings is 1. The largest absolute Gasteiger partial charge is 0.383 e. The summed E-state index contributed by atoms with van der Waals surface area (Å²) in [5, 5.41) is 9.13. The van der Waals surface area contributed by atoms with Gasteiger partial charge < -0.3 is 10.6 Å². The van der Waals surface area contributed by atoms with Gasteiger partial charge in [0.15, 0.2) is 0 Å². The number of aromatic nitrogens is 4. The summed E-state index contributed by atoms with van der Waals surface area (Å²) in [6.45, 7) is 1.91. The van der Waals surface area contributed by atoms with Crippen molar-refractivity contribution in [1.82, 2.24) is 25.1 Å². The lowest BCUT2D eigenvalue weighted by Crippen LogP contribution is -2.34. The van der Waals surface area contributed by atoms with Crippen LogP contribution < -0.4 is 5.73 Å². The number of nitrogens with zero attached hydrogens (tertiary/aromatic N) is 5. The topological polar surface area (TPSA) is 97.9 Å². The quantitative estimate of drug-likeness (QED) is 0.406. The molecular formula is C25H22BrFN6O. The third-order valence-electron chi connectivity index (χ3n) is 6.27. The summed E-state index contributed by atoms with van der Waals surface area (Å²) >= 11 is 3.28. The van der Waals surface area contributed by atoms with Gasteiger partial charge >= 0.3 is 0 Å². The highest BCUT2D eigenvalue weighted by Gasteiger charge is 2.27. The van der Waals surface area contributed by atoms with E-state index in [0.717, 1.165) is 41.3 Å². The first-order chi connectivity index (χ1) is 16.4. The number of fused-ring (bicyclic) bond motifs is 3. The second kappa shape index (κ2) is 9.06. The fraction of sp³-hybridized carbons (Fsp3) is 0.240. The number of amides is 1. The molecule has 0 aliphatic heterocycles. The van der Waals surface area contributed by atoms with Crippen molar-refractivity contribution in [3.8, 4) is 0 Å². The van der Waals surface area contributed by atoms with Crippen LogP contribution in [0, 0.1) is 5.82 Å². The molecule has 5 rings (SSSR count). The molecule has 1 unspecified atom stereocenters. The van der Waals surface area contributed by atoms with Crippen molar-refractivity contribution in [3.05, 3.63) is 87.2 Å². The molecule has 4 aromatic rings. The number of carbonyl (C=O) groups is 1. The maximum Gasteiger partial charge on any atom is 0.254 e. The predicted octanol–water partition coefficient (Wildman–Crippen LogP) is 4.80. The molecule has 0 saturated heterocycles. The highest BCUT2D eigenvalue weighted by atomic mass is 79.9. The Kier molecular flexibility index (Phi) is 5.95. The Bertz CT molecular complexity index is 1390. The third-order valence-corrected chi connectivity index (χ3v) is 6.69. The average Bonchev–Trinajstić information content (AvgIpc) is 3.34. The van der Waals surface area contributed by atoms with E-state index in [-0.39, 0.29) is 18.1 Å². The number of carbonyl (C=O) groups excluding carboxylic acids is 1. The van der Waals surface area contributed by atoms with Gasteiger partial charge in [-0.05, 0) is 95.7 Å². The molecule has 1 aliphatic rings. The maximum absolute atomic E-state index is 14.6. The van der Waals surface area contributed by atoms with Crippen molar-refractivity contribution in [2.45, 2.75) is 38.8 Å². The first kappa shape index (κ1) is 22.3. The summed E-state index contributed by atoms with van der Waals surface area (Å²) in [7, 11) is 0. The zero-order chi connectivity index (χ0) is 23.8. The van der Waals surface area contributed by atoms with E-state index < -0.39 is 11.9 Å². The number of hydrogen-bond acceptors (Lipinski definition) is 6. The Labute approximate surface area is 204 Å². The monoisotopic (exact) mass is 520 g/mol. The molecule has 1 atom stereocenters. The van der Waals surface area contributed by atoms with E-state index >= 15 is 0 Å². The van der Waals surface area contributed by atoms with Crippen LogP contribution in [0.25, 0.3) is 10.9 Å². The van der Waals surface area contributed by atoms with E-state index in [2.05, 4.69) is 36.1 Å². The van der Waals surface area contributed by atoms with Gasteiger partial charge in [0.2, 0.25) is 0 Å². The van der Waals surface area contributed by atoms with Crippen LogP contribution in [0.1, 0.15) is 52.3 Å². The zero-order valence-corrected chi connectivity index (χ0v) is 20.1. The molecule has 0 fully saturated rings. The van der Waals surface area contributed by atoms with E-state index in [1.54, 1.807) is 30.0 Å². The van der Waals surface area contributed by atoms with Gasteiger partial charge in [0.1, 0.15) is 16.2 Å². The first-order valence-electron chi connectivity index (χ1n) is 11.0. The molecule has 0 radical (unpaired) electrons. The Morgan fingerprint density at radius 3 is 2.76 bits per heavy atom. The molecule has 0 spiro atoms. The highest BCUT2D eigenvalue weighted by Crippen LogP contribution is 2.33. The van der Waals surface area contributed by atoms with Gasteiger partial charge in [-0.3, -0.25) is 9.78 Å². The average molecular weight is 521 g/mol. The molecule has 0 bridgehead atoms. The van der Waals surface area contributed by atoms with Crippen LogP contribution in [0.3, 0.4) is 0 Å². The van der Waals surface area contributed by atoms with Crippen LogP contribution in [-0.2, 0) is 19.4 Å². The maximum atomic E-state index is 14.6. The molecular weight excluding hydrogens is 499 g/mol. The summed E-state index contributed by atoms with van der Waals surface area (Å²) in [6.07, 6.45) is 4.34. The van der Waals surface area contributed by atoms with Gasteiger partial charge in [0.25, 0.3) is 5.91 Å². The number of nitrogens with two attached hydrogens (primary N) is 1. The summed E-state index contributed by atoms with van der Waals surface area (Å²) in [4.78, 5) is 24.1. The smallest absolute Gasteiger partial charge is 0.254 e. The molecule has 34 heavy (non-hydrogen) atoms. The van der Waals surface area contributed by atoms with E-state index in [4.69, 9.17) is 5.73 Å². The third kappa shape index (κ3) is 4.11. The SMILES string of the molecule is CC(c1ncccc1F)N(Cc1ccc(Br)nn1)C(=O)c1ccc2nc(N)c3c(c2c1)CCC3.